The van der Waals surface area contributed by atoms with Crippen LogP contribution in [0.4, 0.5) is 23.2 Å². The molecule has 2 aromatic rings. The summed E-state index contributed by atoms with van der Waals surface area (Å²) in [6.07, 6.45) is -4.81. The molecule has 0 spiro atoms. The lowest BCUT2D eigenvalue weighted by Gasteiger charge is -2.10. The smallest absolute Gasteiger partial charge is 0.452 e. The highest BCUT2D eigenvalue weighted by Crippen LogP contribution is 2.23. The summed E-state index contributed by atoms with van der Waals surface area (Å²) in [6, 6.07) is 8.98. The van der Waals surface area contributed by atoms with E-state index in [0.717, 1.165) is 24.3 Å². The molecule has 2 rings (SSSR count). The Labute approximate surface area is 139 Å². The summed E-state index contributed by atoms with van der Waals surface area (Å²) < 4.78 is 57.3. The molecule has 9 heteroatoms. The Balaban J connectivity index is 1.83. The molecule has 2 aromatic carbocycles. The number of esters is 1. The van der Waals surface area contributed by atoms with E-state index < -0.39 is 36.4 Å². The number of carbonyl (C=O) groups excluding carboxylic acids is 2. The highest BCUT2D eigenvalue weighted by Gasteiger charge is 2.30. The minimum atomic E-state index is -4.81. The van der Waals surface area contributed by atoms with Gasteiger partial charge < -0.3 is 14.8 Å². The van der Waals surface area contributed by atoms with E-state index in [1.165, 1.54) is 24.3 Å². The fourth-order valence-corrected chi connectivity index (χ4v) is 1.74. The van der Waals surface area contributed by atoms with E-state index in [0.29, 0.717) is 0 Å². The molecule has 0 aliphatic rings. The van der Waals surface area contributed by atoms with Crippen molar-refractivity contribution >= 4 is 17.6 Å². The van der Waals surface area contributed by atoms with E-state index in [4.69, 9.17) is 4.74 Å². The Morgan fingerprint density at radius 1 is 0.960 bits per heavy atom. The second-order valence-corrected chi connectivity index (χ2v) is 4.70. The lowest BCUT2D eigenvalue weighted by molar-refractivity contribution is -0.274. The SMILES string of the molecule is O=C(COC(=O)c1ccc(F)cc1)Nc1ccc(OC(F)(F)F)cc1. The van der Waals surface area contributed by atoms with Crippen molar-refractivity contribution < 1.29 is 36.6 Å². The van der Waals surface area contributed by atoms with E-state index in [9.17, 15) is 27.2 Å². The Bertz CT molecular complexity index is 742. The van der Waals surface area contributed by atoms with Gasteiger partial charge in [-0.2, -0.15) is 0 Å². The minimum Gasteiger partial charge on any atom is -0.452 e. The summed E-state index contributed by atoms with van der Waals surface area (Å²) >= 11 is 0. The number of carbonyl (C=O) groups is 2. The highest BCUT2D eigenvalue weighted by molar-refractivity contribution is 5.95. The van der Waals surface area contributed by atoms with Crippen molar-refractivity contribution in [3.63, 3.8) is 0 Å². The quantitative estimate of drug-likeness (QED) is 0.657. The number of halogens is 4. The Hall–Kier alpha value is -3.10. The van der Waals surface area contributed by atoms with Gasteiger partial charge in [0.05, 0.1) is 5.56 Å². The van der Waals surface area contributed by atoms with Crippen molar-refractivity contribution in [3.8, 4) is 5.75 Å². The van der Waals surface area contributed by atoms with Crippen LogP contribution in [0, 0.1) is 5.82 Å². The van der Waals surface area contributed by atoms with Gasteiger partial charge in [-0.1, -0.05) is 0 Å². The zero-order valence-electron chi connectivity index (χ0n) is 12.5. The van der Waals surface area contributed by atoms with Crippen LogP contribution in [0.3, 0.4) is 0 Å². The molecular weight excluding hydrogens is 346 g/mol. The summed E-state index contributed by atoms with van der Waals surface area (Å²) in [5.41, 5.74) is 0.264. The van der Waals surface area contributed by atoms with Crippen LogP contribution in [-0.2, 0) is 9.53 Å². The lowest BCUT2D eigenvalue weighted by atomic mass is 10.2. The van der Waals surface area contributed by atoms with Crippen LogP contribution < -0.4 is 10.1 Å². The van der Waals surface area contributed by atoms with Crippen molar-refractivity contribution in [2.45, 2.75) is 6.36 Å². The third-order valence-corrected chi connectivity index (χ3v) is 2.79. The van der Waals surface area contributed by atoms with Gasteiger partial charge in [0.2, 0.25) is 0 Å². The van der Waals surface area contributed by atoms with Crippen molar-refractivity contribution in [2.24, 2.45) is 0 Å². The van der Waals surface area contributed by atoms with Crippen LogP contribution in [0.15, 0.2) is 48.5 Å². The number of alkyl halides is 3. The van der Waals surface area contributed by atoms with Crippen molar-refractivity contribution in [3.05, 3.63) is 59.9 Å². The summed E-state index contributed by atoms with van der Waals surface area (Å²) in [7, 11) is 0. The van der Waals surface area contributed by atoms with Gasteiger partial charge in [0.1, 0.15) is 11.6 Å². The predicted molar refractivity (Wildman–Crippen MR) is 78.4 cm³/mol. The zero-order valence-corrected chi connectivity index (χ0v) is 12.5. The van der Waals surface area contributed by atoms with Crippen LogP contribution in [0.5, 0.6) is 5.75 Å². The molecule has 0 bridgehead atoms. The molecule has 1 N–H and O–H groups in total. The Morgan fingerprint density at radius 3 is 2.12 bits per heavy atom. The largest absolute Gasteiger partial charge is 0.573 e. The first-order chi connectivity index (χ1) is 11.7. The highest BCUT2D eigenvalue weighted by atomic mass is 19.4. The molecule has 0 unspecified atom stereocenters. The number of rotatable bonds is 5. The number of hydrogen-bond acceptors (Lipinski definition) is 4. The summed E-state index contributed by atoms with van der Waals surface area (Å²) in [4.78, 5) is 23.3. The monoisotopic (exact) mass is 357 g/mol. The van der Waals surface area contributed by atoms with E-state index in [2.05, 4.69) is 10.1 Å². The van der Waals surface area contributed by atoms with E-state index in [1.54, 1.807) is 0 Å². The third-order valence-electron chi connectivity index (χ3n) is 2.79. The minimum absolute atomic E-state index is 0.0721. The second kappa shape index (κ2) is 7.65. The maximum Gasteiger partial charge on any atom is 0.573 e. The van der Waals surface area contributed by atoms with Gasteiger partial charge >= 0.3 is 12.3 Å². The topological polar surface area (TPSA) is 64.6 Å². The fraction of sp³-hybridized carbons (Fsp3) is 0.125. The van der Waals surface area contributed by atoms with Crippen LogP contribution in [0.25, 0.3) is 0 Å². The molecule has 0 aromatic heterocycles. The van der Waals surface area contributed by atoms with Crippen LogP contribution in [0.2, 0.25) is 0 Å². The average Bonchev–Trinajstić information content (AvgIpc) is 2.54. The van der Waals surface area contributed by atoms with Gasteiger partial charge in [0.15, 0.2) is 6.61 Å². The standard InChI is InChI=1S/C16H11F4NO4/c17-11-3-1-10(2-4-11)15(23)24-9-14(22)21-12-5-7-13(8-6-12)25-16(18,19)20/h1-8H,9H2,(H,21,22). The van der Waals surface area contributed by atoms with Gasteiger partial charge in [0.25, 0.3) is 5.91 Å². The summed E-state index contributed by atoms with van der Waals surface area (Å²) in [5.74, 6) is -2.47. The third kappa shape index (κ3) is 6.13. The molecule has 0 atom stereocenters. The molecular formula is C16H11F4NO4. The first kappa shape index (κ1) is 18.2. The summed E-state index contributed by atoms with van der Waals surface area (Å²) in [6.45, 7) is -0.614. The molecule has 0 aliphatic heterocycles. The van der Waals surface area contributed by atoms with Gasteiger partial charge in [0, 0.05) is 5.69 Å². The number of nitrogens with one attached hydrogen (secondary N) is 1. The molecule has 0 radical (unpaired) electrons. The Morgan fingerprint density at radius 2 is 1.56 bits per heavy atom. The molecule has 0 fully saturated rings. The lowest BCUT2D eigenvalue weighted by Crippen LogP contribution is -2.21. The normalized spacial score (nSPS) is 10.9. The van der Waals surface area contributed by atoms with E-state index in [1.807, 2.05) is 0 Å². The van der Waals surface area contributed by atoms with Crippen LogP contribution in [-0.4, -0.2) is 24.8 Å². The zero-order chi connectivity index (χ0) is 18.4. The second-order valence-electron chi connectivity index (χ2n) is 4.70. The first-order valence-corrected chi connectivity index (χ1v) is 6.81. The van der Waals surface area contributed by atoms with Crippen molar-refractivity contribution in [1.29, 1.82) is 0 Å². The molecule has 0 heterocycles. The average molecular weight is 357 g/mol. The number of amides is 1. The van der Waals surface area contributed by atoms with Gasteiger partial charge in [-0.25, -0.2) is 9.18 Å². The Kier molecular flexibility index (Phi) is 5.58. The van der Waals surface area contributed by atoms with Gasteiger partial charge in [-0.3, -0.25) is 4.79 Å². The van der Waals surface area contributed by atoms with Crippen LogP contribution in [0.1, 0.15) is 10.4 Å². The van der Waals surface area contributed by atoms with Crippen molar-refractivity contribution in [2.75, 3.05) is 11.9 Å². The fourth-order valence-electron chi connectivity index (χ4n) is 1.74. The maximum absolute atomic E-state index is 12.7. The summed E-state index contributed by atoms with van der Waals surface area (Å²) in [5, 5.41) is 2.33. The number of anilines is 1. The molecule has 0 saturated carbocycles. The maximum atomic E-state index is 12.7. The number of hydrogen-bond donors (Lipinski definition) is 1. The molecule has 132 valence electrons. The molecule has 0 saturated heterocycles. The predicted octanol–water partition coefficient (Wildman–Crippen LogP) is 3.52. The molecule has 1 amide bonds. The van der Waals surface area contributed by atoms with E-state index >= 15 is 0 Å². The molecule has 25 heavy (non-hydrogen) atoms. The number of ether oxygens (including phenoxy) is 2. The number of benzene rings is 2. The van der Waals surface area contributed by atoms with Gasteiger partial charge in [-0.05, 0) is 48.5 Å². The van der Waals surface area contributed by atoms with Crippen molar-refractivity contribution in [1.82, 2.24) is 0 Å². The van der Waals surface area contributed by atoms with E-state index in [-0.39, 0.29) is 11.3 Å². The van der Waals surface area contributed by atoms with Gasteiger partial charge in [-0.15, -0.1) is 13.2 Å². The van der Waals surface area contributed by atoms with Crippen LogP contribution >= 0.6 is 0 Å². The first-order valence-electron chi connectivity index (χ1n) is 6.81. The molecule has 5 nitrogen and oxygen atoms in total. The molecule has 0 aliphatic carbocycles.